The quantitative estimate of drug-likeness (QED) is 0.127. The molecular weight excluding hydrogens is 1410 g/mol. The Bertz CT molecular complexity index is 7440. The molecular formula is C103H110N12+4. The van der Waals surface area contributed by atoms with Crippen molar-refractivity contribution in [2.24, 2.45) is 50.4 Å². The van der Waals surface area contributed by atoms with Gasteiger partial charge in [-0.15, -0.1) is 0 Å². The molecule has 8 aromatic carbocycles. The molecule has 0 aliphatic rings. The highest BCUT2D eigenvalue weighted by atomic mass is 15.1. The standard InChI is InChI=1S/3C26H28N3.C25H26N3/c1-16-13-17(2)27-24-19-14-18(15-26(3,4)5)11-12-20(19)29-22-10-8-7-9-21(22)28(6)25(29)23(16)24;1-16-13-17(2)27-24-19-12-11-18(15-26(3,4)5)14-22(19)29-21-10-8-7-9-20(21)28(6)25(29)23(16)24;1-16-13-17(2)27-24-19-9-7-8-10-20(19)29-22-14-18(15-26(3,4)5)11-12-21(22)28(6)25(29)23(16)24;1-15(2)12-18-10-11-21-22(14-18)27(5)25-23-16(3)13-17(4)26-24(23)19-8-6-7-9-20(19)28(21)25/h3*7-14H,15H2,1-6H3;6-11,13-15H,12H2,1-5H3/q4*+1. The van der Waals surface area contributed by atoms with Crippen molar-refractivity contribution in [2.45, 2.75) is 157 Å². The molecule has 0 aliphatic heterocycles. The highest BCUT2D eigenvalue weighted by Crippen LogP contribution is 2.40. The maximum absolute atomic E-state index is 5.04. The van der Waals surface area contributed by atoms with Crippen LogP contribution < -0.4 is 18.1 Å². The molecule has 20 rings (SSSR count). The van der Waals surface area contributed by atoms with E-state index in [2.05, 4.69) is 390 Å². The summed E-state index contributed by atoms with van der Waals surface area (Å²) >= 11 is 0. The van der Waals surface area contributed by atoms with Gasteiger partial charge in [-0.2, -0.15) is 17.6 Å². The summed E-state index contributed by atoms with van der Waals surface area (Å²) in [5.41, 5.74) is 39.8. The first-order valence-electron chi connectivity index (χ1n) is 41.2. The van der Waals surface area contributed by atoms with E-state index in [1.165, 1.54) is 176 Å². The predicted octanol–water partition coefficient (Wildman–Crippen LogP) is 22.9. The van der Waals surface area contributed by atoms with Gasteiger partial charge in [0.1, 0.15) is 22.1 Å². The fraction of sp³-hybridized carbons (Fsp3) is 0.301. The van der Waals surface area contributed by atoms with Crippen LogP contribution in [0.3, 0.4) is 0 Å². The van der Waals surface area contributed by atoms with Gasteiger partial charge in [-0.25, -0.2) is 18.3 Å². The summed E-state index contributed by atoms with van der Waals surface area (Å²) in [5, 5.41) is 9.85. The Morgan fingerprint density at radius 1 is 0.304 bits per heavy atom. The molecule has 115 heavy (non-hydrogen) atoms. The van der Waals surface area contributed by atoms with E-state index in [1.807, 2.05) is 0 Å². The van der Waals surface area contributed by atoms with Crippen molar-refractivity contribution in [3.05, 3.63) is 261 Å². The second-order valence-corrected chi connectivity index (χ2v) is 37.3. The molecule has 20 aromatic rings. The van der Waals surface area contributed by atoms with E-state index in [4.69, 9.17) is 19.9 Å². The molecule has 12 heterocycles. The van der Waals surface area contributed by atoms with Crippen LogP contribution in [0.5, 0.6) is 0 Å². The summed E-state index contributed by atoms with van der Waals surface area (Å²) in [6.07, 6.45) is 4.26. The minimum Gasteiger partial charge on any atom is -0.252 e. The molecule has 0 atom stereocenters. The third kappa shape index (κ3) is 13.2. The molecule has 0 unspecified atom stereocenters. The first kappa shape index (κ1) is 75.9. The van der Waals surface area contributed by atoms with Crippen LogP contribution in [0.15, 0.2) is 194 Å². The van der Waals surface area contributed by atoms with E-state index >= 15 is 0 Å². The Balaban J connectivity index is 0.000000111. The third-order valence-corrected chi connectivity index (χ3v) is 23.4. The summed E-state index contributed by atoms with van der Waals surface area (Å²) in [6, 6.07) is 71.2. The van der Waals surface area contributed by atoms with Crippen molar-refractivity contribution in [1.82, 2.24) is 37.7 Å². The molecule has 0 radical (unpaired) electrons. The fourth-order valence-corrected chi connectivity index (χ4v) is 19.2. The average molecular weight is 1520 g/mol. The zero-order valence-corrected chi connectivity index (χ0v) is 71.7. The molecule has 0 spiro atoms. The number of pyridine rings is 8. The number of para-hydroxylation sites is 6. The van der Waals surface area contributed by atoms with E-state index in [0.717, 1.165) is 70.5 Å². The third-order valence-electron chi connectivity index (χ3n) is 23.4. The summed E-state index contributed by atoms with van der Waals surface area (Å²) < 4.78 is 19.0. The normalized spacial score (nSPS) is 12.5. The van der Waals surface area contributed by atoms with Crippen LogP contribution >= 0.6 is 0 Å². The lowest BCUT2D eigenvalue weighted by atomic mass is 9.87. The van der Waals surface area contributed by atoms with E-state index < -0.39 is 0 Å². The van der Waals surface area contributed by atoms with Gasteiger partial charge in [-0.3, -0.25) is 19.9 Å². The SMILES string of the molecule is Cc1cc(C)c2c(n1)c1cc(CC(C)(C)C)ccc1n1c3ccccc3[n+](C)c21.Cc1cc(C)c2c(n1)c1ccc(CC(C)(C)C)cc1n1c3ccccc3[n+](C)c21.Cc1cc(C)c2c(n1)c1ccccc1[n+]1c3ccc(CC(C)C)cc3n(C)c21.Cc1cc(C)c2c(n1)c1ccccc1n1c3cc(CC(C)(C)C)ccc3[n+](C)c21. The molecule has 0 bridgehead atoms. The number of aryl methyl sites for hydroxylation is 12. The Labute approximate surface area is 674 Å². The van der Waals surface area contributed by atoms with Gasteiger partial charge in [0.25, 0.3) is 22.6 Å². The van der Waals surface area contributed by atoms with Crippen LogP contribution in [0.25, 0.3) is 154 Å². The van der Waals surface area contributed by atoms with Crippen LogP contribution in [-0.4, -0.2) is 37.7 Å². The molecule has 0 fully saturated rings. The lowest BCUT2D eigenvalue weighted by molar-refractivity contribution is -0.617. The number of aromatic nitrogens is 12. The maximum atomic E-state index is 5.04. The number of nitrogens with zero attached hydrogens (tertiary/aromatic N) is 12. The van der Waals surface area contributed by atoms with E-state index in [9.17, 15) is 0 Å². The topological polar surface area (TPSA) is 85.5 Å². The summed E-state index contributed by atoms with van der Waals surface area (Å²) in [4.78, 5) is 20.0. The van der Waals surface area contributed by atoms with Crippen LogP contribution in [0.1, 0.15) is 143 Å². The molecule has 0 saturated carbocycles. The van der Waals surface area contributed by atoms with Crippen molar-refractivity contribution in [2.75, 3.05) is 0 Å². The molecule has 12 aromatic heterocycles. The van der Waals surface area contributed by atoms with Gasteiger partial charge in [0.05, 0.1) is 71.8 Å². The molecule has 12 nitrogen and oxygen atoms in total. The van der Waals surface area contributed by atoms with Crippen molar-refractivity contribution in [1.29, 1.82) is 0 Å². The number of imidazole rings is 4. The monoisotopic (exact) mass is 1510 g/mol. The van der Waals surface area contributed by atoms with Gasteiger partial charge in [0, 0.05) is 44.3 Å². The van der Waals surface area contributed by atoms with Crippen molar-refractivity contribution in [3.63, 3.8) is 0 Å². The number of hydrogen-bond acceptors (Lipinski definition) is 4. The Kier molecular flexibility index (Phi) is 18.5. The number of rotatable bonds is 5. The predicted molar refractivity (Wildman–Crippen MR) is 481 cm³/mol. The highest BCUT2D eigenvalue weighted by Gasteiger charge is 2.32. The molecule has 0 aliphatic carbocycles. The highest BCUT2D eigenvalue weighted by molar-refractivity contribution is 6.15. The van der Waals surface area contributed by atoms with E-state index in [0.29, 0.717) is 5.92 Å². The van der Waals surface area contributed by atoms with Gasteiger partial charge in [-0.1, -0.05) is 149 Å². The second kappa shape index (κ2) is 28.1. The van der Waals surface area contributed by atoms with Crippen molar-refractivity contribution >= 4 is 154 Å². The molecule has 0 N–H and O–H groups in total. The maximum Gasteiger partial charge on any atom is 0.297 e. The van der Waals surface area contributed by atoms with Crippen LogP contribution in [-0.2, 0) is 53.9 Å². The lowest BCUT2D eigenvalue weighted by Crippen LogP contribution is -2.27. The first-order valence-corrected chi connectivity index (χ1v) is 41.2. The average Bonchev–Trinajstić information content (AvgIpc) is 1.60. The second-order valence-electron chi connectivity index (χ2n) is 37.3. The molecule has 578 valence electrons. The summed E-state index contributed by atoms with van der Waals surface area (Å²) in [6.45, 7) is 42.4. The van der Waals surface area contributed by atoms with Crippen LogP contribution in [0.2, 0.25) is 0 Å². The van der Waals surface area contributed by atoms with Gasteiger partial charge >= 0.3 is 0 Å². The van der Waals surface area contributed by atoms with Crippen molar-refractivity contribution < 1.29 is 18.1 Å². The summed E-state index contributed by atoms with van der Waals surface area (Å²) in [5.74, 6) is 0.649. The number of fused-ring (bicyclic) bond motifs is 32. The van der Waals surface area contributed by atoms with Gasteiger partial charge in [0.2, 0.25) is 0 Å². The Morgan fingerprint density at radius 3 is 1.14 bits per heavy atom. The molecule has 12 heteroatoms. The minimum absolute atomic E-state index is 0.249. The van der Waals surface area contributed by atoms with E-state index in [-0.39, 0.29) is 16.2 Å². The smallest absolute Gasteiger partial charge is 0.252 e. The van der Waals surface area contributed by atoms with Crippen molar-refractivity contribution in [3.8, 4) is 0 Å². The zero-order chi connectivity index (χ0) is 81.1. The number of benzene rings is 8. The molecule has 0 saturated heterocycles. The number of hydrogen-bond donors (Lipinski definition) is 0. The van der Waals surface area contributed by atoms with Crippen LogP contribution in [0, 0.1) is 77.6 Å². The van der Waals surface area contributed by atoms with Crippen LogP contribution in [0.4, 0.5) is 0 Å². The van der Waals surface area contributed by atoms with Gasteiger partial charge in [0.15, 0.2) is 44.1 Å². The lowest BCUT2D eigenvalue weighted by Gasteiger charge is -2.18. The summed E-state index contributed by atoms with van der Waals surface area (Å²) in [7, 11) is 8.69. The zero-order valence-electron chi connectivity index (χ0n) is 71.7. The molecule has 0 amide bonds. The largest absolute Gasteiger partial charge is 0.297 e. The fourth-order valence-electron chi connectivity index (χ4n) is 19.2. The van der Waals surface area contributed by atoms with Gasteiger partial charge < -0.3 is 0 Å². The minimum atomic E-state index is 0.249. The Hall–Kier alpha value is -11.8. The van der Waals surface area contributed by atoms with E-state index in [1.54, 1.807) is 0 Å². The Morgan fingerprint density at radius 2 is 0.643 bits per heavy atom. The van der Waals surface area contributed by atoms with Gasteiger partial charge in [-0.05, 0) is 269 Å². The first-order chi connectivity index (χ1) is 54.7.